The first-order valence-corrected chi connectivity index (χ1v) is 14.7. The number of nitrogens with zero attached hydrogens (tertiary/aromatic N) is 1. The molecule has 2 aliphatic rings. The summed E-state index contributed by atoms with van der Waals surface area (Å²) in [6.07, 6.45) is 3.88. The van der Waals surface area contributed by atoms with E-state index in [-0.39, 0.29) is 11.7 Å². The fourth-order valence-corrected chi connectivity index (χ4v) is 5.45. The van der Waals surface area contributed by atoms with Crippen molar-refractivity contribution in [3.05, 3.63) is 93.3 Å². The van der Waals surface area contributed by atoms with Gasteiger partial charge in [0, 0.05) is 21.8 Å². The summed E-state index contributed by atoms with van der Waals surface area (Å²) in [7, 11) is 0. The molecule has 0 aromatic heterocycles. The third-order valence-electron chi connectivity index (χ3n) is 6.24. The highest BCUT2D eigenvalue weighted by atomic mass is 79.9. The molecule has 42 heavy (non-hydrogen) atoms. The van der Waals surface area contributed by atoms with E-state index < -0.39 is 23.6 Å². The van der Waals surface area contributed by atoms with Gasteiger partial charge in [0.25, 0.3) is 11.1 Å². The van der Waals surface area contributed by atoms with Crippen molar-refractivity contribution in [2.75, 3.05) is 25.3 Å². The van der Waals surface area contributed by atoms with Crippen molar-refractivity contribution in [3.8, 4) is 23.0 Å². The number of carbonyl (C=O) groups excluding carboxylic acids is 3. The molecule has 2 heterocycles. The Morgan fingerprint density at radius 2 is 1.88 bits per heavy atom. The van der Waals surface area contributed by atoms with E-state index in [1.54, 1.807) is 36.4 Å². The van der Waals surface area contributed by atoms with Gasteiger partial charge in [0.15, 0.2) is 23.0 Å². The fraction of sp³-hybridized carbons (Fsp3) is 0.194. The predicted octanol–water partition coefficient (Wildman–Crippen LogP) is 6.56. The summed E-state index contributed by atoms with van der Waals surface area (Å²) >= 11 is 4.22. The van der Waals surface area contributed by atoms with E-state index in [0.29, 0.717) is 53.9 Å². The standard InChI is InChI=1S/C31H27BrN2O7S/c1-3-5-21-12-20(13-26(38-4-2)29(21)39-17-19-6-8-22(32)9-7-19)14-27-30(36)34(31(37)42-27)16-28(35)33-23-10-11-24-25(15-23)41-18-40-24/h3,6-15H,1,4-5,16-18H2,2H3,(H,33,35)/b27-14-. The molecule has 216 valence electrons. The molecular formula is C31H27BrN2O7S. The Kier molecular flexibility index (Phi) is 9.19. The molecule has 1 N–H and O–H groups in total. The summed E-state index contributed by atoms with van der Waals surface area (Å²) in [5, 5.41) is 2.16. The van der Waals surface area contributed by atoms with E-state index >= 15 is 0 Å². The van der Waals surface area contributed by atoms with Crippen LogP contribution >= 0.6 is 27.7 Å². The quantitative estimate of drug-likeness (QED) is 0.184. The second kappa shape index (κ2) is 13.2. The van der Waals surface area contributed by atoms with Gasteiger partial charge >= 0.3 is 0 Å². The molecular weight excluding hydrogens is 624 g/mol. The van der Waals surface area contributed by atoms with Crippen LogP contribution in [0.2, 0.25) is 0 Å². The first-order valence-electron chi connectivity index (χ1n) is 13.1. The number of imide groups is 1. The number of hydrogen-bond donors (Lipinski definition) is 1. The van der Waals surface area contributed by atoms with Crippen molar-refractivity contribution in [1.29, 1.82) is 0 Å². The maximum absolute atomic E-state index is 13.2. The van der Waals surface area contributed by atoms with Crippen molar-refractivity contribution in [3.63, 3.8) is 0 Å². The van der Waals surface area contributed by atoms with Crippen LogP contribution in [0.1, 0.15) is 23.6 Å². The molecule has 1 saturated heterocycles. The van der Waals surface area contributed by atoms with Crippen LogP contribution in [0.15, 0.2) is 76.6 Å². The van der Waals surface area contributed by atoms with Crippen LogP contribution in [-0.4, -0.2) is 41.9 Å². The Bertz CT molecular complexity index is 1570. The van der Waals surface area contributed by atoms with Crippen molar-refractivity contribution in [2.45, 2.75) is 20.0 Å². The van der Waals surface area contributed by atoms with E-state index in [9.17, 15) is 14.4 Å². The molecule has 3 amide bonds. The van der Waals surface area contributed by atoms with Crippen LogP contribution in [0.25, 0.3) is 6.08 Å². The Labute approximate surface area is 255 Å². The minimum Gasteiger partial charge on any atom is -0.490 e. The molecule has 1 fully saturated rings. The van der Waals surface area contributed by atoms with Crippen molar-refractivity contribution < 1.29 is 33.3 Å². The number of amides is 3. The molecule has 0 bridgehead atoms. The molecule has 0 radical (unpaired) electrons. The van der Waals surface area contributed by atoms with Gasteiger partial charge in [0.05, 0.1) is 11.5 Å². The zero-order valence-electron chi connectivity index (χ0n) is 22.7. The number of thioether (sulfide) groups is 1. The van der Waals surface area contributed by atoms with Gasteiger partial charge in [-0.25, -0.2) is 0 Å². The number of rotatable bonds is 11. The maximum Gasteiger partial charge on any atom is 0.294 e. The van der Waals surface area contributed by atoms with Crippen molar-refractivity contribution in [1.82, 2.24) is 4.90 Å². The molecule has 5 rings (SSSR count). The third kappa shape index (κ3) is 6.80. The molecule has 0 atom stereocenters. The maximum atomic E-state index is 13.2. The number of halogens is 1. The summed E-state index contributed by atoms with van der Waals surface area (Å²) in [6, 6.07) is 16.4. The van der Waals surface area contributed by atoms with Crippen LogP contribution in [0.4, 0.5) is 10.5 Å². The van der Waals surface area contributed by atoms with E-state index in [4.69, 9.17) is 18.9 Å². The molecule has 3 aromatic carbocycles. The first kappa shape index (κ1) is 29.3. The minimum atomic E-state index is -0.551. The Morgan fingerprint density at radius 3 is 2.64 bits per heavy atom. The average molecular weight is 652 g/mol. The monoisotopic (exact) mass is 650 g/mol. The number of nitrogens with one attached hydrogen (secondary N) is 1. The number of fused-ring (bicyclic) bond motifs is 1. The Hall–Kier alpha value is -4.22. The SMILES string of the molecule is C=CCc1cc(/C=C2\SC(=O)N(CC(=O)Nc3ccc4c(c3)OCO4)C2=O)cc(OCC)c1OCc1ccc(Br)cc1. The van der Waals surface area contributed by atoms with E-state index in [0.717, 1.165) is 32.3 Å². The highest BCUT2D eigenvalue weighted by Gasteiger charge is 2.36. The molecule has 0 spiro atoms. The largest absolute Gasteiger partial charge is 0.490 e. The van der Waals surface area contributed by atoms with Crippen LogP contribution in [0.5, 0.6) is 23.0 Å². The van der Waals surface area contributed by atoms with Gasteiger partial charge in [-0.1, -0.05) is 34.1 Å². The predicted molar refractivity (Wildman–Crippen MR) is 164 cm³/mol. The van der Waals surface area contributed by atoms with Crippen LogP contribution < -0.4 is 24.3 Å². The molecule has 0 unspecified atom stereocenters. The summed E-state index contributed by atoms with van der Waals surface area (Å²) in [4.78, 5) is 39.7. The van der Waals surface area contributed by atoms with Crippen molar-refractivity contribution >= 4 is 56.5 Å². The third-order valence-corrected chi connectivity index (χ3v) is 7.68. The number of ether oxygens (including phenoxy) is 4. The smallest absolute Gasteiger partial charge is 0.294 e. The number of anilines is 1. The summed E-state index contributed by atoms with van der Waals surface area (Å²) < 4.78 is 23.7. The van der Waals surface area contributed by atoms with E-state index in [1.807, 2.05) is 37.3 Å². The molecule has 11 heteroatoms. The number of hydrogen-bond acceptors (Lipinski definition) is 8. The number of allylic oxidation sites excluding steroid dienone is 1. The Balaban J connectivity index is 1.32. The molecule has 3 aromatic rings. The lowest BCUT2D eigenvalue weighted by Crippen LogP contribution is -2.36. The Morgan fingerprint density at radius 1 is 1.10 bits per heavy atom. The van der Waals surface area contributed by atoms with Crippen LogP contribution in [0.3, 0.4) is 0 Å². The normalized spacial score (nSPS) is 14.8. The summed E-state index contributed by atoms with van der Waals surface area (Å²) in [5.74, 6) is 1.12. The molecule has 0 aliphatic carbocycles. The van der Waals surface area contributed by atoms with Gasteiger partial charge < -0.3 is 24.3 Å². The summed E-state index contributed by atoms with van der Waals surface area (Å²) in [5.41, 5.74) is 2.93. The van der Waals surface area contributed by atoms with Gasteiger partial charge in [-0.15, -0.1) is 6.58 Å². The van der Waals surface area contributed by atoms with Gasteiger partial charge in [0.2, 0.25) is 12.7 Å². The number of carbonyl (C=O) groups is 3. The summed E-state index contributed by atoms with van der Waals surface area (Å²) in [6.45, 7) is 6.16. The second-order valence-electron chi connectivity index (χ2n) is 9.23. The molecule has 9 nitrogen and oxygen atoms in total. The highest BCUT2D eigenvalue weighted by Crippen LogP contribution is 2.38. The van der Waals surface area contributed by atoms with E-state index in [2.05, 4.69) is 27.8 Å². The number of benzene rings is 3. The van der Waals surface area contributed by atoms with Gasteiger partial charge in [-0.3, -0.25) is 19.3 Å². The average Bonchev–Trinajstić information content (AvgIpc) is 3.53. The van der Waals surface area contributed by atoms with Gasteiger partial charge in [0.1, 0.15) is 13.2 Å². The van der Waals surface area contributed by atoms with Crippen LogP contribution in [0, 0.1) is 0 Å². The zero-order chi connectivity index (χ0) is 29.6. The van der Waals surface area contributed by atoms with Crippen molar-refractivity contribution in [2.24, 2.45) is 0 Å². The van der Waals surface area contributed by atoms with Crippen LogP contribution in [-0.2, 0) is 22.6 Å². The lowest BCUT2D eigenvalue weighted by Gasteiger charge is -2.17. The van der Waals surface area contributed by atoms with E-state index in [1.165, 1.54) is 0 Å². The fourth-order valence-electron chi connectivity index (χ4n) is 4.34. The highest BCUT2D eigenvalue weighted by molar-refractivity contribution is 9.10. The molecule has 2 aliphatic heterocycles. The van der Waals surface area contributed by atoms with Gasteiger partial charge in [-0.2, -0.15) is 0 Å². The second-order valence-corrected chi connectivity index (χ2v) is 11.1. The molecule has 0 saturated carbocycles. The lowest BCUT2D eigenvalue weighted by molar-refractivity contribution is -0.127. The zero-order valence-corrected chi connectivity index (χ0v) is 25.1. The topological polar surface area (TPSA) is 103 Å². The first-order chi connectivity index (χ1) is 20.3. The van der Waals surface area contributed by atoms with Gasteiger partial charge in [-0.05, 0) is 78.7 Å². The minimum absolute atomic E-state index is 0.110. The lowest BCUT2D eigenvalue weighted by atomic mass is 10.0.